The van der Waals surface area contributed by atoms with Gasteiger partial charge >= 0.3 is 0 Å². The molecule has 5 heteroatoms. The van der Waals surface area contributed by atoms with E-state index in [0.29, 0.717) is 26.2 Å². The third-order valence-corrected chi connectivity index (χ3v) is 3.91. The molecule has 3 nitrogen and oxygen atoms in total. The van der Waals surface area contributed by atoms with Gasteiger partial charge < -0.3 is 15.2 Å². The fourth-order valence-corrected chi connectivity index (χ4v) is 2.81. The Kier molecular flexibility index (Phi) is 4.95. The molecule has 1 aromatic rings. The Morgan fingerprint density at radius 1 is 1.53 bits per heavy atom. The highest BCUT2D eigenvalue weighted by Crippen LogP contribution is 2.24. The Hall–Kier alpha value is -0.490. The van der Waals surface area contributed by atoms with Crippen LogP contribution in [-0.2, 0) is 4.74 Å². The lowest BCUT2D eigenvalue weighted by molar-refractivity contribution is 0.0246. The number of hydrogen-bond donors (Lipinski definition) is 2. The number of benzene rings is 1. The van der Waals surface area contributed by atoms with Crippen molar-refractivity contribution < 1.29 is 14.2 Å². The van der Waals surface area contributed by atoms with E-state index in [1.807, 2.05) is 13.0 Å². The van der Waals surface area contributed by atoms with E-state index in [0.717, 1.165) is 16.5 Å². The summed E-state index contributed by atoms with van der Waals surface area (Å²) in [7, 11) is 0. The van der Waals surface area contributed by atoms with E-state index in [-0.39, 0.29) is 11.9 Å². The second-order valence-corrected chi connectivity index (χ2v) is 5.99. The van der Waals surface area contributed by atoms with Crippen molar-refractivity contribution in [3.63, 3.8) is 0 Å². The summed E-state index contributed by atoms with van der Waals surface area (Å²) in [5.74, 6) is -0.257. The molecule has 0 radical (unpaired) electrons. The number of rotatable bonds is 5. The summed E-state index contributed by atoms with van der Waals surface area (Å²) in [6.07, 6.45) is 1.47. The zero-order valence-electron chi connectivity index (χ0n) is 11.0. The zero-order valence-corrected chi connectivity index (χ0v) is 12.5. The molecule has 1 aliphatic rings. The van der Waals surface area contributed by atoms with Crippen molar-refractivity contribution in [2.24, 2.45) is 0 Å². The van der Waals surface area contributed by atoms with Gasteiger partial charge in [0.1, 0.15) is 11.4 Å². The molecule has 0 spiro atoms. The van der Waals surface area contributed by atoms with Crippen LogP contribution < -0.4 is 5.32 Å². The minimum Gasteiger partial charge on any atom is -0.386 e. The van der Waals surface area contributed by atoms with Crippen molar-refractivity contribution in [1.29, 1.82) is 0 Å². The van der Waals surface area contributed by atoms with Crippen molar-refractivity contribution >= 4 is 15.9 Å². The Labute approximate surface area is 121 Å². The standard InChI is InChI=1S/C14H19BrFNO2/c1-2-13(10-5-11(15)7-12(16)6-10)17-8-14(18)3-4-19-9-14/h5-7,13,17-18H,2-4,8-9H2,1H3/t13-,14-/m0/s1. The van der Waals surface area contributed by atoms with Crippen molar-refractivity contribution in [2.75, 3.05) is 19.8 Å². The van der Waals surface area contributed by atoms with Crippen LogP contribution in [0.3, 0.4) is 0 Å². The van der Waals surface area contributed by atoms with E-state index >= 15 is 0 Å². The van der Waals surface area contributed by atoms with Crippen LogP contribution in [0.5, 0.6) is 0 Å². The maximum absolute atomic E-state index is 13.4. The van der Waals surface area contributed by atoms with Crippen LogP contribution in [0.2, 0.25) is 0 Å². The average Bonchev–Trinajstić information content (AvgIpc) is 2.76. The second-order valence-electron chi connectivity index (χ2n) is 5.07. The summed E-state index contributed by atoms with van der Waals surface area (Å²) < 4.78 is 19.4. The molecule has 1 fully saturated rings. The molecule has 0 saturated carbocycles. The Morgan fingerprint density at radius 3 is 2.89 bits per heavy atom. The average molecular weight is 332 g/mol. The van der Waals surface area contributed by atoms with Crippen LogP contribution in [0.15, 0.2) is 22.7 Å². The van der Waals surface area contributed by atoms with Gasteiger partial charge in [-0.05, 0) is 30.2 Å². The monoisotopic (exact) mass is 331 g/mol. The number of nitrogens with one attached hydrogen (secondary N) is 1. The molecule has 2 N–H and O–H groups in total. The minimum absolute atomic E-state index is 0.0247. The first kappa shape index (κ1) is 14.9. The third kappa shape index (κ3) is 3.99. The lowest BCUT2D eigenvalue weighted by atomic mass is 10.0. The van der Waals surface area contributed by atoms with Gasteiger partial charge in [0.05, 0.1) is 6.61 Å². The van der Waals surface area contributed by atoms with E-state index in [1.54, 1.807) is 0 Å². The van der Waals surface area contributed by atoms with Gasteiger partial charge in [-0.15, -0.1) is 0 Å². The number of halogens is 2. The maximum atomic E-state index is 13.4. The molecule has 1 aromatic carbocycles. The molecule has 0 unspecified atom stereocenters. The van der Waals surface area contributed by atoms with Crippen molar-refractivity contribution in [2.45, 2.75) is 31.4 Å². The van der Waals surface area contributed by atoms with Gasteiger partial charge in [0.15, 0.2) is 0 Å². The maximum Gasteiger partial charge on any atom is 0.124 e. The lowest BCUT2D eigenvalue weighted by Crippen LogP contribution is -2.42. The molecule has 1 saturated heterocycles. The van der Waals surface area contributed by atoms with Crippen molar-refractivity contribution in [3.05, 3.63) is 34.1 Å². The predicted molar refractivity (Wildman–Crippen MR) is 75.5 cm³/mol. The molecule has 2 rings (SSSR count). The highest BCUT2D eigenvalue weighted by molar-refractivity contribution is 9.10. The molecule has 1 heterocycles. The lowest BCUT2D eigenvalue weighted by Gasteiger charge is -2.25. The van der Waals surface area contributed by atoms with Crippen LogP contribution in [0.1, 0.15) is 31.4 Å². The van der Waals surface area contributed by atoms with E-state index in [9.17, 15) is 9.50 Å². The summed E-state index contributed by atoms with van der Waals surface area (Å²) in [4.78, 5) is 0. The highest BCUT2D eigenvalue weighted by Gasteiger charge is 2.32. The van der Waals surface area contributed by atoms with E-state index in [1.165, 1.54) is 12.1 Å². The quantitative estimate of drug-likeness (QED) is 0.871. The highest BCUT2D eigenvalue weighted by atomic mass is 79.9. The molecular weight excluding hydrogens is 313 g/mol. The minimum atomic E-state index is -0.794. The molecule has 0 amide bonds. The predicted octanol–water partition coefficient (Wildman–Crippen LogP) is 2.78. The SMILES string of the molecule is CC[C@H](NC[C@@]1(O)CCOC1)c1cc(F)cc(Br)c1. The zero-order chi connectivity index (χ0) is 13.9. The molecule has 0 aliphatic carbocycles. The summed E-state index contributed by atoms with van der Waals surface area (Å²) in [6, 6.07) is 4.89. The number of hydrogen-bond acceptors (Lipinski definition) is 3. The molecular formula is C14H19BrFNO2. The van der Waals surface area contributed by atoms with E-state index in [4.69, 9.17) is 4.74 Å². The van der Waals surface area contributed by atoms with Gasteiger partial charge in [-0.25, -0.2) is 4.39 Å². The Bertz CT molecular complexity index is 415. The van der Waals surface area contributed by atoms with Gasteiger partial charge in [0.25, 0.3) is 0 Å². The van der Waals surface area contributed by atoms with Gasteiger partial charge in [0.2, 0.25) is 0 Å². The van der Waals surface area contributed by atoms with Crippen molar-refractivity contribution in [1.82, 2.24) is 5.32 Å². The normalized spacial score (nSPS) is 24.6. The molecule has 1 aliphatic heterocycles. The van der Waals surface area contributed by atoms with Gasteiger partial charge in [0, 0.05) is 30.1 Å². The first-order valence-electron chi connectivity index (χ1n) is 6.52. The molecule has 106 valence electrons. The molecule has 2 atom stereocenters. The first-order valence-corrected chi connectivity index (χ1v) is 7.31. The molecule has 19 heavy (non-hydrogen) atoms. The van der Waals surface area contributed by atoms with Crippen molar-refractivity contribution in [3.8, 4) is 0 Å². The fourth-order valence-electron chi connectivity index (χ4n) is 2.32. The van der Waals surface area contributed by atoms with Gasteiger partial charge in [-0.2, -0.15) is 0 Å². The summed E-state index contributed by atoms with van der Waals surface area (Å²) in [5.41, 5.74) is 0.0923. The number of aliphatic hydroxyl groups is 1. The van der Waals surface area contributed by atoms with Crippen LogP contribution in [0.4, 0.5) is 4.39 Å². The summed E-state index contributed by atoms with van der Waals surface area (Å²) in [5, 5.41) is 13.5. The molecule has 0 aromatic heterocycles. The summed E-state index contributed by atoms with van der Waals surface area (Å²) in [6.45, 7) is 3.45. The van der Waals surface area contributed by atoms with Crippen LogP contribution >= 0.6 is 15.9 Å². The Balaban J connectivity index is 2.03. The topological polar surface area (TPSA) is 41.5 Å². The molecule has 0 bridgehead atoms. The van der Waals surface area contributed by atoms with Crippen LogP contribution in [0.25, 0.3) is 0 Å². The Morgan fingerprint density at radius 2 is 2.32 bits per heavy atom. The fraction of sp³-hybridized carbons (Fsp3) is 0.571. The number of ether oxygens (including phenoxy) is 1. The van der Waals surface area contributed by atoms with E-state index < -0.39 is 5.60 Å². The van der Waals surface area contributed by atoms with E-state index in [2.05, 4.69) is 21.2 Å². The van der Waals surface area contributed by atoms with Gasteiger partial charge in [-0.3, -0.25) is 0 Å². The smallest absolute Gasteiger partial charge is 0.124 e. The van der Waals surface area contributed by atoms with Crippen LogP contribution in [-0.4, -0.2) is 30.5 Å². The van der Waals surface area contributed by atoms with Crippen LogP contribution in [0, 0.1) is 5.82 Å². The first-order chi connectivity index (χ1) is 9.02. The van der Waals surface area contributed by atoms with Gasteiger partial charge in [-0.1, -0.05) is 22.9 Å². The second kappa shape index (κ2) is 6.31. The summed E-state index contributed by atoms with van der Waals surface area (Å²) >= 11 is 3.30. The third-order valence-electron chi connectivity index (χ3n) is 3.46. The largest absolute Gasteiger partial charge is 0.386 e.